The second-order valence-corrected chi connectivity index (χ2v) is 2.38. The van der Waals surface area contributed by atoms with Crippen molar-refractivity contribution in [3.8, 4) is 11.8 Å². The second-order valence-electron chi connectivity index (χ2n) is 1.99. The molecule has 0 fully saturated rings. The maximum atomic E-state index is 12.8. The van der Waals surface area contributed by atoms with Crippen LogP contribution >= 0.6 is 11.6 Å². The van der Waals surface area contributed by atoms with Crippen LogP contribution in [0.25, 0.3) is 0 Å². The zero-order valence-corrected chi connectivity index (χ0v) is 6.90. The maximum Gasteiger partial charge on any atom is 0.157 e. The van der Waals surface area contributed by atoms with E-state index in [-0.39, 0.29) is 17.3 Å². The van der Waals surface area contributed by atoms with Crippen LogP contribution < -0.4 is 5.73 Å². The molecule has 0 aliphatic rings. The third kappa shape index (κ3) is 2.19. The van der Waals surface area contributed by atoms with Gasteiger partial charge in [-0.2, -0.15) is 0 Å². The van der Waals surface area contributed by atoms with E-state index in [9.17, 15) is 4.39 Å². The highest BCUT2D eigenvalue weighted by Gasteiger charge is 1.99. The summed E-state index contributed by atoms with van der Waals surface area (Å²) in [6.45, 7) is 0.194. The van der Waals surface area contributed by atoms with Gasteiger partial charge in [0.15, 0.2) is 5.82 Å². The standard InChI is InChI=1S/C8H6ClFN2/c9-8-4-6(2-1-3-11)7(10)5-12-8/h4-5H,3,11H2. The van der Waals surface area contributed by atoms with E-state index in [4.69, 9.17) is 17.3 Å². The molecule has 1 rings (SSSR count). The Morgan fingerprint density at radius 1 is 1.67 bits per heavy atom. The zero-order valence-electron chi connectivity index (χ0n) is 6.14. The van der Waals surface area contributed by atoms with Gasteiger partial charge in [0.25, 0.3) is 0 Å². The fourth-order valence-corrected chi connectivity index (χ4v) is 0.813. The molecule has 0 atom stereocenters. The molecule has 0 aliphatic heterocycles. The summed E-state index contributed by atoms with van der Waals surface area (Å²) < 4.78 is 12.8. The number of hydrogen-bond donors (Lipinski definition) is 1. The van der Waals surface area contributed by atoms with Crippen molar-refractivity contribution in [2.45, 2.75) is 0 Å². The van der Waals surface area contributed by atoms with Crippen molar-refractivity contribution >= 4 is 11.6 Å². The van der Waals surface area contributed by atoms with Gasteiger partial charge < -0.3 is 5.73 Å². The van der Waals surface area contributed by atoms with Crippen LogP contribution in [0.4, 0.5) is 4.39 Å². The van der Waals surface area contributed by atoms with Gasteiger partial charge in [0, 0.05) is 0 Å². The Bertz CT molecular complexity index is 341. The molecule has 1 aromatic heterocycles. The van der Waals surface area contributed by atoms with E-state index in [1.165, 1.54) is 6.07 Å². The first-order valence-corrected chi connectivity index (χ1v) is 3.62. The van der Waals surface area contributed by atoms with Gasteiger partial charge in [0.1, 0.15) is 5.15 Å². The van der Waals surface area contributed by atoms with Crippen LogP contribution in [0.3, 0.4) is 0 Å². The predicted octanol–water partition coefficient (Wildman–Crippen LogP) is 1.18. The highest BCUT2D eigenvalue weighted by atomic mass is 35.5. The minimum absolute atomic E-state index is 0.194. The molecule has 12 heavy (non-hydrogen) atoms. The molecular formula is C8H6ClFN2. The number of rotatable bonds is 0. The molecule has 0 bridgehead atoms. The molecule has 1 aromatic rings. The van der Waals surface area contributed by atoms with E-state index in [1.54, 1.807) is 0 Å². The van der Waals surface area contributed by atoms with Crippen molar-refractivity contribution in [2.75, 3.05) is 6.54 Å². The van der Waals surface area contributed by atoms with Crippen molar-refractivity contribution < 1.29 is 4.39 Å². The lowest BCUT2D eigenvalue weighted by atomic mass is 10.2. The maximum absolute atomic E-state index is 12.8. The number of halogens is 2. The van der Waals surface area contributed by atoms with Gasteiger partial charge in [-0.1, -0.05) is 23.4 Å². The highest BCUT2D eigenvalue weighted by Crippen LogP contribution is 2.09. The fourth-order valence-electron chi connectivity index (χ4n) is 0.655. The Balaban J connectivity index is 3.05. The molecule has 0 aromatic carbocycles. The second kappa shape index (κ2) is 4.05. The summed E-state index contributed by atoms with van der Waals surface area (Å²) in [4.78, 5) is 3.54. The quantitative estimate of drug-likeness (QED) is 0.486. The summed E-state index contributed by atoms with van der Waals surface area (Å²) in [5.41, 5.74) is 5.34. The van der Waals surface area contributed by atoms with Gasteiger partial charge in [0.05, 0.1) is 18.3 Å². The first-order chi connectivity index (χ1) is 5.74. The number of pyridine rings is 1. The van der Waals surface area contributed by atoms with Crippen LogP contribution in [0.5, 0.6) is 0 Å². The lowest BCUT2D eigenvalue weighted by Gasteiger charge is -1.92. The van der Waals surface area contributed by atoms with Crippen molar-refractivity contribution in [2.24, 2.45) is 5.73 Å². The summed E-state index contributed by atoms with van der Waals surface area (Å²) in [6.07, 6.45) is 1.03. The Kier molecular flexibility index (Phi) is 3.03. The normalized spacial score (nSPS) is 8.92. The topological polar surface area (TPSA) is 38.9 Å². The summed E-state index contributed by atoms with van der Waals surface area (Å²) >= 11 is 5.52. The number of nitrogens with two attached hydrogens (primary N) is 1. The van der Waals surface area contributed by atoms with E-state index in [0.717, 1.165) is 6.20 Å². The Labute approximate surface area is 74.6 Å². The van der Waals surface area contributed by atoms with Crippen molar-refractivity contribution in [3.05, 3.63) is 28.8 Å². The monoisotopic (exact) mass is 184 g/mol. The van der Waals surface area contributed by atoms with Crippen LogP contribution in [-0.2, 0) is 0 Å². The fraction of sp³-hybridized carbons (Fsp3) is 0.125. The molecule has 1 heterocycles. The van der Waals surface area contributed by atoms with Crippen molar-refractivity contribution in [1.82, 2.24) is 4.98 Å². The van der Waals surface area contributed by atoms with Gasteiger partial charge >= 0.3 is 0 Å². The molecule has 0 saturated carbocycles. The van der Waals surface area contributed by atoms with Crippen molar-refractivity contribution in [1.29, 1.82) is 0 Å². The van der Waals surface area contributed by atoms with E-state index >= 15 is 0 Å². The molecule has 0 aliphatic carbocycles. The van der Waals surface area contributed by atoms with Gasteiger partial charge in [-0.3, -0.25) is 0 Å². The predicted molar refractivity (Wildman–Crippen MR) is 45.1 cm³/mol. The van der Waals surface area contributed by atoms with Gasteiger partial charge in [-0.15, -0.1) is 0 Å². The molecular weight excluding hydrogens is 179 g/mol. The van der Waals surface area contributed by atoms with Crippen LogP contribution in [0, 0.1) is 17.7 Å². The summed E-state index contributed by atoms with van der Waals surface area (Å²) in [5.74, 6) is 4.58. The molecule has 0 amide bonds. The third-order valence-electron chi connectivity index (χ3n) is 1.15. The molecule has 4 heteroatoms. The van der Waals surface area contributed by atoms with Crippen LogP contribution in [-0.4, -0.2) is 11.5 Å². The van der Waals surface area contributed by atoms with E-state index in [2.05, 4.69) is 16.8 Å². The number of aromatic nitrogens is 1. The molecule has 0 saturated heterocycles. The first-order valence-electron chi connectivity index (χ1n) is 3.24. The SMILES string of the molecule is NCC#Cc1cc(Cl)ncc1F. The summed E-state index contributed by atoms with van der Waals surface area (Å²) in [5, 5.41) is 0.220. The molecule has 2 nitrogen and oxygen atoms in total. The van der Waals surface area contributed by atoms with Gasteiger partial charge in [-0.05, 0) is 6.07 Å². The van der Waals surface area contributed by atoms with Gasteiger partial charge in [0.2, 0.25) is 0 Å². The Hall–Kier alpha value is -1.11. The average Bonchev–Trinajstić information content (AvgIpc) is 2.07. The molecule has 0 spiro atoms. The molecule has 62 valence electrons. The van der Waals surface area contributed by atoms with E-state index < -0.39 is 5.82 Å². The molecule has 0 radical (unpaired) electrons. The summed E-state index contributed by atoms with van der Waals surface area (Å²) in [7, 11) is 0. The lowest BCUT2D eigenvalue weighted by Crippen LogP contribution is -1.94. The largest absolute Gasteiger partial charge is 0.320 e. The van der Waals surface area contributed by atoms with Crippen LogP contribution in [0.15, 0.2) is 12.3 Å². The Morgan fingerprint density at radius 3 is 3.08 bits per heavy atom. The van der Waals surface area contributed by atoms with Crippen molar-refractivity contribution in [3.63, 3.8) is 0 Å². The Morgan fingerprint density at radius 2 is 2.42 bits per heavy atom. The lowest BCUT2D eigenvalue weighted by molar-refractivity contribution is 0.618. The zero-order chi connectivity index (χ0) is 8.97. The number of hydrogen-bond acceptors (Lipinski definition) is 2. The minimum Gasteiger partial charge on any atom is -0.320 e. The summed E-state index contributed by atoms with van der Waals surface area (Å²) in [6, 6.07) is 1.36. The molecule has 0 unspecified atom stereocenters. The van der Waals surface area contributed by atoms with Gasteiger partial charge in [-0.25, -0.2) is 9.37 Å². The first kappa shape index (κ1) is 8.98. The van der Waals surface area contributed by atoms with E-state index in [1.807, 2.05) is 0 Å². The molecule has 2 N–H and O–H groups in total. The smallest absolute Gasteiger partial charge is 0.157 e. The highest BCUT2D eigenvalue weighted by molar-refractivity contribution is 6.29. The minimum atomic E-state index is -0.486. The van der Waals surface area contributed by atoms with Crippen LogP contribution in [0.2, 0.25) is 5.15 Å². The van der Waals surface area contributed by atoms with Crippen LogP contribution in [0.1, 0.15) is 5.56 Å². The number of nitrogens with zero attached hydrogens (tertiary/aromatic N) is 1. The third-order valence-corrected chi connectivity index (χ3v) is 1.35. The average molecular weight is 185 g/mol. The van der Waals surface area contributed by atoms with E-state index in [0.29, 0.717) is 0 Å².